The highest BCUT2D eigenvalue weighted by Gasteiger charge is 2.19. The van der Waals surface area contributed by atoms with E-state index in [1.165, 1.54) is 22.3 Å². The van der Waals surface area contributed by atoms with E-state index < -0.39 is 0 Å². The van der Waals surface area contributed by atoms with Crippen LogP contribution in [0.15, 0.2) is 203 Å². The average Bonchev–Trinajstić information content (AvgIpc) is 3.82. The third-order valence-electron chi connectivity index (χ3n) is 9.91. The Morgan fingerprint density at radius 3 is 1.55 bits per heavy atom. The maximum Gasteiger partial charge on any atom is 0.227 e. The number of oxazole rings is 1. The molecule has 0 amide bonds. The lowest BCUT2D eigenvalue weighted by Gasteiger charge is -2.27. The average molecular weight is 681 g/mol. The van der Waals surface area contributed by atoms with Gasteiger partial charge in [0.25, 0.3) is 0 Å². The second-order valence-electron chi connectivity index (χ2n) is 13.2. The van der Waals surface area contributed by atoms with Gasteiger partial charge in [0.05, 0.1) is 0 Å². The first-order valence-electron chi connectivity index (χ1n) is 17.8. The van der Waals surface area contributed by atoms with Gasteiger partial charge in [0.2, 0.25) is 5.89 Å². The molecule has 0 aliphatic carbocycles. The van der Waals surface area contributed by atoms with Gasteiger partial charge in [0.1, 0.15) is 16.7 Å². The van der Waals surface area contributed by atoms with Crippen LogP contribution in [0.4, 0.5) is 17.1 Å². The third kappa shape index (κ3) is 5.63. The molecule has 0 bridgehead atoms. The molecule has 0 saturated heterocycles. The van der Waals surface area contributed by atoms with Crippen LogP contribution in [0.1, 0.15) is 0 Å². The molecule has 2 aromatic heterocycles. The molecule has 0 atom stereocenters. The number of nitrogens with zero attached hydrogens (tertiary/aromatic N) is 2. The Balaban J connectivity index is 1.15. The molecule has 10 aromatic rings. The van der Waals surface area contributed by atoms with Crippen molar-refractivity contribution in [3.8, 4) is 44.8 Å². The number of anilines is 3. The van der Waals surface area contributed by atoms with Gasteiger partial charge in [-0.2, -0.15) is 0 Å². The minimum atomic E-state index is 0.594. The summed E-state index contributed by atoms with van der Waals surface area (Å²) in [6, 6.07) is 67.8. The predicted octanol–water partition coefficient (Wildman–Crippen LogP) is 13.9. The van der Waals surface area contributed by atoms with E-state index in [1.807, 2.05) is 42.5 Å². The largest absolute Gasteiger partial charge is 0.456 e. The third-order valence-corrected chi connectivity index (χ3v) is 9.91. The summed E-state index contributed by atoms with van der Waals surface area (Å²) in [5, 5.41) is 1.99. The fourth-order valence-electron chi connectivity index (χ4n) is 7.31. The van der Waals surface area contributed by atoms with Gasteiger partial charge in [0.15, 0.2) is 5.58 Å². The van der Waals surface area contributed by atoms with Crippen LogP contribution in [0.2, 0.25) is 0 Å². The van der Waals surface area contributed by atoms with Gasteiger partial charge in [-0.1, -0.05) is 127 Å². The fraction of sp³-hybridized carbons (Fsp3) is 0. The summed E-state index contributed by atoms with van der Waals surface area (Å²) in [6.07, 6.45) is 0. The lowest BCUT2D eigenvalue weighted by atomic mass is 9.93. The molecule has 0 radical (unpaired) electrons. The molecule has 0 unspecified atom stereocenters. The lowest BCUT2D eigenvalue weighted by molar-refractivity contribution is 0.620. The molecule has 0 fully saturated rings. The quantitative estimate of drug-likeness (QED) is 0.168. The van der Waals surface area contributed by atoms with Gasteiger partial charge in [-0.25, -0.2) is 4.98 Å². The highest BCUT2D eigenvalue weighted by Crippen LogP contribution is 2.43. The van der Waals surface area contributed by atoms with Gasteiger partial charge in [0, 0.05) is 39.5 Å². The van der Waals surface area contributed by atoms with Crippen molar-refractivity contribution in [2.75, 3.05) is 4.90 Å². The normalized spacial score (nSPS) is 11.4. The Kier molecular flexibility index (Phi) is 7.43. The number of rotatable bonds is 7. The van der Waals surface area contributed by atoms with Crippen LogP contribution in [0.3, 0.4) is 0 Å². The highest BCUT2D eigenvalue weighted by atomic mass is 16.4. The monoisotopic (exact) mass is 680 g/mol. The van der Waals surface area contributed by atoms with E-state index in [0.717, 1.165) is 66.8 Å². The standard InChI is InChI=1S/C49H32N2O2/c1-5-13-33(14-6-1)34-21-23-38(24-22-34)51(39-25-27-41(35-15-7-2-8-16-35)42(29-39)36-17-9-3-10-18-36)40-26-28-46-43(30-40)44-31-48-45(32-47(44)52-46)50-49(53-48)37-19-11-4-12-20-37/h1-32H. The first-order valence-corrected chi connectivity index (χ1v) is 17.8. The number of aromatic nitrogens is 1. The van der Waals surface area contributed by atoms with Gasteiger partial charge >= 0.3 is 0 Å². The summed E-state index contributed by atoms with van der Waals surface area (Å²) in [7, 11) is 0. The van der Waals surface area contributed by atoms with Crippen molar-refractivity contribution in [3.05, 3.63) is 194 Å². The summed E-state index contributed by atoms with van der Waals surface area (Å²) >= 11 is 0. The molecular weight excluding hydrogens is 649 g/mol. The van der Waals surface area contributed by atoms with Crippen molar-refractivity contribution in [2.45, 2.75) is 0 Å². The smallest absolute Gasteiger partial charge is 0.227 e. The Labute approximate surface area is 306 Å². The first-order chi connectivity index (χ1) is 26.2. The molecule has 250 valence electrons. The van der Waals surface area contributed by atoms with E-state index in [-0.39, 0.29) is 0 Å². The van der Waals surface area contributed by atoms with Crippen LogP contribution in [-0.4, -0.2) is 4.98 Å². The van der Waals surface area contributed by atoms with Crippen LogP contribution >= 0.6 is 0 Å². The first kappa shape index (κ1) is 30.6. The van der Waals surface area contributed by atoms with E-state index in [2.05, 4.69) is 157 Å². The van der Waals surface area contributed by atoms with Crippen molar-refractivity contribution < 1.29 is 8.83 Å². The number of furan rings is 1. The molecule has 0 spiro atoms. The number of hydrogen-bond acceptors (Lipinski definition) is 4. The zero-order chi connectivity index (χ0) is 35.1. The van der Waals surface area contributed by atoms with E-state index in [4.69, 9.17) is 13.8 Å². The Bertz CT molecular complexity index is 2860. The zero-order valence-corrected chi connectivity index (χ0v) is 28.7. The van der Waals surface area contributed by atoms with Crippen LogP contribution in [0.5, 0.6) is 0 Å². The van der Waals surface area contributed by atoms with Gasteiger partial charge in [-0.05, 0) is 94.0 Å². The van der Waals surface area contributed by atoms with Crippen LogP contribution in [0, 0.1) is 0 Å². The molecule has 2 heterocycles. The molecule has 0 aliphatic heterocycles. The Morgan fingerprint density at radius 1 is 0.340 bits per heavy atom. The fourth-order valence-corrected chi connectivity index (χ4v) is 7.31. The lowest BCUT2D eigenvalue weighted by Crippen LogP contribution is -2.10. The SMILES string of the molecule is c1ccc(-c2ccc(N(c3ccc(-c4ccccc4)c(-c4ccccc4)c3)c3ccc4oc5cc6nc(-c7ccccc7)oc6cc5c4c3)cc2)cc1. The van der Waals surface area contributed by atoms with E-state index >= 15 is 0 Å². The molecule has 0 aliphatic rings. The van der Waals surface area contributed by atoms with E-state index in [0.29, 0.717) is 5.89 Å². The Morgan fingerprint density at radius 2 is 0.868 bits per heavy atom. The second kappa shape index (κ2) is 12.9. The van der Waals surface area contributed by atoms with Crippen LogP contribution in [0.25, 0.3) is 77.9 Å². The number of benzene rings is 8. The van der Waals surface area contributed by atoms with Gasteiger partial charge in [-0.15, -0.1) is 0 Å². The minimum absolute atomic E-state index is 0.594. The molecule has 10 rings (SSSR count). The molecule has 0 saturated carbocycles. The Hall–Kier alpha value is -7.17. The summed E-state index contributed by atoms with van der Waals surface area (Å²) in [4.78, 5) is 7.11. The van der Waals surface area contributed by atoms with Crippen molar-refractivity contribution in [1.82, 2.24) is 4.98 Å². The van der Waals surface area contributed by atoms with Crippen molar-refractivity contribution in [3.63, 3.8) is 0 Å². The van der Waals surface area contributed by atoms with Crippen LogP contribution < -0.4 is 4.90 Å². The molecule has 4 nitrogen and oxygen atoms in total. The van der Waals surface area contributed by atoms with E-state index in [9.17, 15) is 0 Å². The number of fused-ring (bicyclic) bond motifs is 4. The van der Waals surface area contributed by atoms with E-state index in [1.54, 1.807) is 0 Å². The zero-order valence-electron chi connectivity index (χ0n) is 28.7. The van der Waals surface area contributed by atoms with Gasteiger partial charge < -0.3 is 13.7 Å². The molecular formula is C49H32N2O2. The van der Waals surface area contributed by atoms with Crippen LogP contribution in [-0.2, 0) is 0 Å². The molecule has 8 aromatic carbocycles. The molecule has 0 N–H and O–H groups in total. The van der Waals surface area contributed by atoms with Crippen molar-refractivity contribution in [1.29, 1.82) is 0 Å². The van der Waals surface area contributed by atoms with Crippen molar-refractivity contribution in [2.24, 2.45) is 0 Å². The summed E-state index contributed by atoms with van der Waals surface area (Å²) in [5.74, 6) is 0.594. The summed E-state index contributed by atoms with van der Waals surface area (Å²) in [5.41, 5.74) is 14.2. The molecule has 4 heteroatoms. The minimum Gasteiger partial charge on any atom is -0.456 e. The number of hydrogen-bond donors (Lipinski definition) is 0. The van der Waals surface area contributed by atoms with Crippen molar-refractivity contribution >= 4 is 50.1 Å². The summed E-state index contributed by atoms with van der Waals surface area (Å²) in [6.45, 7) is 0. The molecule has 53 heavy (non-hydrogen) atoms. The van der Waals surface area contributed by atoms with Gasteiger partial charge in [-0.3, -0.25) is 0 Å². The maximum atomic E-state index is 6.43. The predicted molar refractivity (Wildman–Crippen MR) is 218 cm³/mol. The topological polar surface area (TPSA) is 42.4 Å². The maximum absolute atomic E-state index is 6.43. The summed E-state index contributed by atoms with van der Waals surface area (Å²) < 4.78 is 12.7. The highest BCUT2D eigenvalue weighted by molar-refractivity contribution is 6.10. The second-order valence-corrected chi connectivity index (χ2v) is 13.2.